The summed E-state index contributed by atoms with van der Waals surface area (Å²) in [6.45, 7) is 2.10. The lowest BCUT2D eigenvalue weighted by atomic mass is 9.92. The molecule has 1 saturated carbocycles. The van der Waals surface area contributed by atoms with Crippen LogP contribution >= 0.6 is 0 Å². The van der Waals surface area contributed by atoms with Gasteiger partial charge in [0.05, 0.1) is 16.8 Å². The molecule has 3 heteroatoms. The Balaban J connectivity index is 2.08. The van der Waals surface area contributed by atoms with E-state index in [1.54, 1.807) is 0 Å². The van der Waals surface area contributed by atoms with Crippen molar-refractivity contribution in [2.24, 2.45) is 0 Å². The number of nitriles is 1. The minimum atomic E-state index is 0.494. The first kappa shape index (κ1) is 13.9. The summed E-state index contributed by atoms with van der Waals surface area (Å²) in [7, 11) is 0. The molecule has 0 unspecified atom stereocenters. The van der Waals surface area contributed by atoms with E-state index in [2.05, 4.69) is 35.8 Å². The Morgan fingerprint density at radius 1 is 1.13 bits per heavy atom. The molecule has 0 amide bonds. The van der Waals surface area contributed by atoms with Gasteiger partial charge in [-0.1, -0.05) is 24.3 Å². The van der Waals surface area contributed by atoms with Crippen LogP contribution in [0.25, 0.3) is 22.2 Å². The molecule has 1 aliphatic carbocycles. The zero-order chi connectivity index (χ0) is 16.0. The largest absolute Gasteiger partial charge is 0.399 e. The topological polar surface area (TPSA) is 54.7 Å². The number of anilines is 1. The van der Waals surface area contributed by atoms with Crippen LogP contribution in [0.5, 0.6) is 0 Å². The molecule has 1 aliphatic rings. The smallest absolute Gasteiger partial charge is 0.102 e. The SMILES string of the molecule is Cc1ccc2c(C#N)c(-c3ccc(N)cc3)n(C3CCC3)c2c1. The van der Waals surface area contributed by atoms with Crippen LogP contribution in [0.15, 0.2) is 42.5 Å². The highest BCUT2D eigenvalue weighted by atomic mass is 15.0. The normalized spacial score (nSPS) is 14.6. The van der Waals surface area contributed by atoms with Gasteiger partial charge in [-0.3, -0.25) is 0 Å². The highest BCUT2D eigenvalue weighted by Crippen LogP contribution is 2.42. The van der Waals surface area contributed by atoms with Gasteiger partial charge in [-0.05, 0) is 55.5 Å². The molecular formula is C20H19N3. The summed E-state index contributed by atoms with van der Waals surface area (Å²) >= 11 is 0. The molecule has 1 aromatic heterocycles. The van der Waals surface area contributed by atoms with E-state index in [0.29, 0.717) is 6.04 Å². The Bertz CT molecular complexity index is 922. The molecule has 2 N–H and O–H groups in total. The molecule has 0 spiro atoms. The van der Waals surface area contributed by atoms with E-state index in [4.69, 9.17) is 5.73 Å². The molecule has 1 fully saturated rings. The van der Waals surface area contributed by atoms with Crippen LogP contribution in [0, 0.1) is 18.3 Å². The Kier molecular flexibility index (Phi) is 3.12. The van der Waals surface area contributed by atoms with Gasteiger partial charge in [0.1, 0.15) is 6.07 Å². The Morgan fingerprint density at radius 3 is 2.48 bits per heavy atom. The summed E-state index contributed by atoms with van der Waals surface area (Å²) in [5.74, 6) is 0. The minimum Gasteiger partial charge on any atom is -0.399 e. The maximum Gasteiger partial charge on any atom is 0.102 e. The molecule has 0 atom stereocenters. The lowest BCUT2D eigenvalue weighted by Crippen LogP contribution is -2.17. The molecule has 0 aliphatic heterocycles. The van der Waals surface area contributed by atoms with E-state index in [9.17, 15) is 5.26 Å². The van der Waals surface area contributed by atoms with Crippen LogP contribution in [0.4, 0.5) is 5.69 Å². The Morgan fingerprint density at radius 2 is 1.87 bits per heavy atom. The number of fused-ring (bicyclic) bond motifs is 1. The van der Waals surface area contributed by atoms with Gasteiger partial charge in [-0.25, -0.2) is 0 Å². The third-order valence-corrected chi connectivity index (χ3v) is 4.90. The van der Waals surface area contributed by atoms with Crippen molar-refractivity contribution in [3.8, 4) is 17.3 Å². The quantitative estimate of drug-likeness (QED) is 0.691. The van der Waals surface area contributed by atoms with Crippen molar-refractivity contribution in [3.63, 3.8) is 0 Å². The lowest BCUT2D eigenvalue weighted by Gasteiger charge is -2.30. The molecule has 0 radical (unpaired) electrons. The van der Waals surface area contributed by atoms with Crippen molar-refractivity contribution in [1.29, 1.82) is 5.26 Å². The summed E-state index contributed by atoms with van der Waals surface area (Å²) in [6.07, 6.45) is 3.63. The highest BCUT2D eigenvalue weighted by Gasteiger charge is 2.27. The first-order chi connectivity index (χ1) is 11.2. The first-order valence-electron chi connectivity index (χ1n) is 8.09. The van der Waals surface area contributed by atoms with Crippen LogP contribution in [0.2, 0.25) is 0 Å². The summed E-state index contributed by atoms with van der Waals surface area (Å²) in [4.78, 5) is 0. The number of hydrogen-bond donors (Lipinski definition) is 1. The van der Waals surface area contributed by atoms with E-state index >= 15 is 0 Å². The van der Waals surface area contributed by atoms with Crippen LogP contribution in [-0.2, 0) is 0 Å². The van der Waals surface area contributed by atoms with Gasteiger partial charge in [0.2, 0.25) is 0 Å². The first-order valence-corrected chi connectivity index (χ1v) is 8.09. The summed E-state index contributed by atoms with van der Waals surface area (Å²) in [6, 6.07) is 17.2. The second-order valence-corrected chi connectivity index (χ2v) is 6.43. The molecule has 3 nitrogen and oxygen atoms in total. The summed E-state index contributed by atoms with van der Waals surface area (Å²) in [5, 5.41) is 10.9. The van der Waals surface area contributed by atoms with Gasteiger partial charge in [-0.15, -0.1) is 0 Å². The molecule has 1 heterocycles. The minimum absolute atomic E-state index is 0.494. The lowest BCUT2D eigenvalue weighted by molar-refractivity contribution is 0.324. The van der Waals surface area contributed by atoms with Crippen LogP contribution in [0.1, 0.15) is 36.4 Å². The van der Waals surface area contributed by atoms with Gasteiger partial charge in [0.15, 0.2) is 0 Å². The fourth-order valence-corrected chi connectivity index (χ4v) is 3.48. The van der Waals surface area contributed by atoms with E-state index in [-0.39, 0.29) is 0 Å². The Hall–Kier alpha value is -2.73. The Labute approximate surface area is 136 Å². The van der Waals surface area contributed by atoms with Crippen molar-refractivity contribution in [3.05, 3.63) is 53.6 Å². The highest BCUT2D eigenvalue weighted by molar-refractivity contribution is 5.95. The third-order valence-electron chi connectivity index (χ3n) is 4.90. The average Bonchev–Trinajstić information content (AvgIpc) is 2.80. The van der Waals surface area contributed by atoms with Gasteiger partial charge in [0.25, 0.3) is 0 Å². The number of benzene rings is 2. The second kappa shape index (κ2) is 5.17. The second-order valence-electron chi connectivity index (χ2n) is 6.43. The number of hydrogen-bond acceptors (Lipinski definition) is 2. The molecule has 0 saturated heterocycles. The van der Waals surface area contributed by atoms with Crippen molar-refractivity contribution in [1.82, 2.24) is 4.57 Å². The number of rotatable bonds is 2. The fraction of sp³-hybridized carbons (Fsp3) is 0.250. The predicted molar refractivity (Wildman–Crippen MR) is 94.1 cm³/mol. The van der Waals surface area contributed by atoms with Crippen molar-refractivity contribution < 1.29 is 0 Å². The van der Waals surface area contributed by atoms with Gasteiger partial charge in [0, 0.05) is 17.1 Å². The number of nitrogen functional groups attached to an aromatic ring is 1. The van der Waals surface area contributed by atoms with Crippen LogP contribution < -0.4 is 5.73 Å². The number of nitrogens with two attached hydrogens (primary N) is 1. The number of aryl methyl sites for hydroxylation is 1. The summed E-state index contributed by atoms with van der Waals surface area (Å²) in [5.41, 5.74) is 11.9. The maximum absolute atomic E-state index is 9.80. The van der Waals surface area contributed by atoms with Gasteiger partial charge < -0.3 is 10.3 Å². The van der Waals surface area contributed by atoms with Crippen molar-refractivity contribution in [2.45, 2.75) is 32.2 Å². The van der Waals surface area contributed by atoms with Crippen LogP contribution in [-0.4, -0.2) is 4.57 Å². The molecule has 23 heavy (non-hydrogen) atoms. The van der Waals surface area contributed by atoms with Gasteiger partial charge >= 0.3 is 0 Å². The van der Waals surface area contributed by atoms with E-state index in [0.717, 1.165) is 27.9 Å². The predicted octanol–water partition coefficient (Wildman–Crippen LogP) is 4.80. The average molecular weight is 301 g/mol. The van der Waals surface area contributed by atoms with E-state index < -0.39 is 0 Å². The molecule has 3 aromatic rings. The fourth-order valence-electron chi connectivity index (χ4n) is 3.48. The number of aromatic nitrogens is 1. The van der Waals surface area contributed by atoms with Gasteiger partial charge in [-0.2, -0.15) is 5.26 Å². The molecule has 2 aromatic carbocycles. The molecular weight excluding hydrogens is 282 g/mol. The summed E-state index contributed by atoms with van der Waals surface area (Å²) < 4.78 is 2.38. The zero-order valence-corrected chi connectivity index (χ0v) is 13.2. The third kappa shape index (κ3) is 2.10. The molecule has 4 rings (SSSR count). The number of nitrogens with zero attached hydrogens (tertiary/aromatic N) is 2. The zero-order valence-electron chi connectivity index (χ0n) is 13.2. The monoisotopic (exact) mass is 301 g/mol. The maximum atomic E-state index is 9.80. The van der Waals surface area contributed by atoms with E-state index in [1.807, 2.05) is 24.3 Å². The van der Waals surface area contributed by atoms with Crippen LogP contribution in [0.3, 0.4) is 0 Å². The molecule has 0 bridgehead atoms. The van der Waals surface area contributed by atoms with Crippen molar-refractivity contribution >= 4 is 16.6 Å². The standard InChI is InChI=1S/C20H19N3/c1-13-5-10-17-18(12-21)20(14-6-8-15(22)9-7-14)23(19(17)11-13)16-3-2-4-16/h5-11,16H,2-4,22H2,1H3. The van der Waals surface area contributed by atoms with Crippen molar-refractivity contribution in [2.75, 3.05) is 5.73 Å². The molecule has 114 valence electrons. The van der Waals surface area contributed by atoms with E-state index in [1.165, 1.54) is 30.3 Å².